The van der Waals surface area contributed by atoms with Gasteiger partial charge in [0, 0.05) is 11.4 Å². The quantitative estimate of drug-likeness (QED) is 0.837. The van der Waals surface area contributed by atoms with Crippen molar-refractivity contribution < 1.29 is 4.79 Å². The minimum Gasteiger partial charge on any atom is -0.348 e. The molecule has 0 spiro atoms. The first-order chi connectivity index (χ1) is 7.81. The lowest BCUT2D eigenvalue weighted by atomic mass is 9.84. The molecule has 2 rings (SSSR count). The number of nitrogens with one attached hydrogen (secondary N) is 1. The summed E-state index contributed by atoms with van der Waals surface area (Å²) in [5.74, 6) is 0.364. The Labute approximate surface area is 99.3 Å². The molecule has 1 aliphatic rings. The van der Waals surface area contributed by atoms with Crippen LogP contribution in [-0.4, -0.2) is 23.5 Å². The number of carbonyl (C=O) groups is 1. The van der Waals surface area contributed by atoms with Gasteiger partial charge in [0.05, 0.1) is 5.51 Å². The molecule has 1 heterocycles. The van der Waals surface area contributed by atoms with Crippen LogP contribution in [0.3, 0.4) is 0 Å². The number of nitrogens with zero attached hydrogens (tertiary/aromatic N) is 1. The second-order valence-corrected chi connectivity index (χ2v) is 4.95. The van der Waals surface area contributed by atoms with Gasteiger partial charge in [-0.05, 0) is 25.3 Å². The van der Waals surface area contributed by atoms with Gasteiger partial charge >= 0.3 is 0 Å². The van der Waals surface area contributed by atoms with Crippen molar-refractivity contribution in [2.45, 2.75) is 31.7 Å². The summed E-state index contributed by atoms with van der Waals surface area (Å²) in [5.41, 5.74) is 7.92. The highest BCUT2D eigenvalue weighted by molar-refractivity contribution is 7.07. The van der Waals surface area contributed by atoms with Crippen LogP contribution >= 0.6 is 11.3 Å². The molecule has 0 bridgehead atoms. The molecule has 1 aromatic heterocycles. The number of rotatable bonds is 3. The lowest BCUT2D eigenvalue weighted by Crippen LogP contribution is -2.44. The second-order valence-electron chi connectivity index (χ2n) is 4.23. The third kappa shape index (κ3) is 2.59. The number of hydrogen-bond donors (Lipinski definition) is 2. The van der Waals surface area contributed by atoms with Crippen LogP contribution in [0.25, 0.3) is 0 Å². The maximum atomic E-state index is 11.8. The van der Waals surface area contributed by atoms with Crippen LogP contribution in [0.15, 0.2) is 10.9 Å². The Kier molecular flexibility index (Phi) is 3.90. The van der Waals surface area contributed by atoms with Crippen molar-refractivity contribution in [2.24, 2.45) is 11.7 Å². The minimum atomic E-state index is -0.0633. The van der Waals surface area contributed by atoms with E-state index in [-0.39, 0.29) is 11.9 Å². The normalized spacial score (nSPS) is 25.3. The molecule has 2 atom stereocenters. The summed E-state index contributed by atoms with van der Waals surface area (Å²) in [4.78, 5) is 15.8. The highest BCUT2D eigenvalue weighted by atomic mass is 32.1. The minimum absolute atomic E-state index is 0.0633. The van der Waals surface area contributed by atoms with Crippen LogP contribution < -0.4 is 11.1 Å². The topological polar surface area (TPSA) is 68.0 Å². The first kappa shape index (κ1) is 11.5. The standard InChI is InChI=1S/C11H17N3OS/c12-5-8-3-1-2-4-9(8)14-11(15)10-6-16-7-13-10/h6-9H,1-5,12H2,(H,14,15). The van der Waals surface area contributed by atoms with Gasteiger partial charge in [0.2, 0.25) is 0 Å². The van der Waals surface area contributed by atoms with Crippen molar-refractivity contribution in [3.63, 3.8) is 0 Å². The number of amides is 1. The fourth-order valence-electron chi connectivity index (χ4n) is 2.25. The zero-order valence-electron chi connectivity index (χ0n) is 9.19. The van der Waals surface area contributed by atoms with E-state index in [0.29, 0.717) is 18.2 Å². The molecule has 1 amide bonds. The second kappa shape index (κ2) is 5.41. The van der Waals surface area contributed by atoms with Gasteiger partial charge in [0.25, 0.3) is 5.91 Å². The monoisotopic (exact) mass is 239 g/mol. The van der Waals surface area contributed by atoms with Crippen LogP contribution in [0.5, 0.6) is 0 Å². The van der Waals surface area contributed by atoms with Gasteiger partial charge in [-0.1, -0.05) is 12.8 Å². The Morgan fingerprint density at radius 2 is 2.38 bits per heavy atom. The van der Waals surface area contributed by atoms with Gasteiger partial charge < -0.3 is 11.1 Å². The van der Waals surface area contributed by atoms with Crippen molar-refractivity contribution in [3.05, 3.63) is 16.6 Å². The fraction of sp³-hybridized carbons (Fsp3) is 0.636. The summed E-state index contributed by atoms with van der Waals surface area (Å²) in [5, 5.41) is 4.82. The first-order valence-electron chi connectivity index (χ1n) is 5.70. The molecular weight excluding hydrogens is 222 g/mol. The average molecular weight is 239 g/mol. The molecule has 0 aliphatic heterocycles. The summed E-state index contributed by atoms with van der Waals surface area (Å²) in [6.45, 7) is 0.655. The van der Waals surface area contributed by atoms with E-state index >= 15 is 0 Å². The van der Waals surface area contributed by atoms with Crippen molar-refractivity contribution >= 4 is 17.2 Å². The molecule has 4 nitrogen and oxygen atoms in total. The Bertz CT molecular complexity index is 339. The van der Waals surface area contributed by atoms with E-state index in [0.717, 1.165) is 12.8 Å². The zero-order chi connectivity index (χ0) is 11.4. The maximum Gasteiger partial charge on any atom is 0.270 e. The molecule has 88 valence electrons. The molecule has 1 aliphatic carbocycles. The van der Waals surface area contributed by atoms with E-state index in [1.54, 1.807) is 10.9 Å². The number of thiazole rings is 1. The van der Waals surface area contributed by atoms with Crippen LogP contribution in [0.2, 0.25) is 0 Å². The van der Waals surface area contributed by atoms with Crippen molar-refractivity contribution in [2.75, 3.05) is 6.54 Å². The van der Waals surface area contributed by atoms with Crippen LogP contribution in [0, 0.1) is 5.92 Å². The van der Waals surface area contributed by atoms with Gasteiger partial charge in [0.15, 0.2) is 0 Å². The summed E-state index contributed by atoms with van der Waals surface area (Å²) in [6.07, 6.45) is 4.57. The summed E-state index contributed by atoms with van der Waals surface area (Å²) in [6, 6.07) is 0.230. The van der Waals surface area contributed by atoms with Gasteiger partial charge in [-0.2, -0.15) is 0 Å². The molecule has 0 radical (unpaired) electrons. The van der Waals surface area contributed by atoms with E-state index in [2.05, 4.69) is 10.3 Å². The summed E-state index contributed by atoms with van der Waals surface area (Å²) in [7, 11) is 0. The molecule has 1 fully saturated rings. The number of carbonyl (C=O) groups excluding carboxylic acids is 1. The van der Waals surface area contributed by atoms with Crippen LogP contribution in [-0.2, 0) is 0 Å². The predicted octanol–water partition coefficient (Wildman–Crippen LogP) is 1.39. The van der Waals surface area contributed by atoms with E-state index in [4.69, 9.17) is 5.73 Å². The molecule has 16 heavy (non-hydrogen) atoms. The molecule has 0 aromatic carbocycles. The fourth-order valence-corrected chi connectivity index (χ4v) is 2.78. The van der Waals surface area contributed by atoms with E-state index in [1.165, 1.54) is 24.2 Å². The number of aromatic nitrogens is 1. The highest BCUT2D eigenvalue weighted by Crippen LogP contribution is 2.23. The van der Waals surface area contributed by atoms with E-state index in [9.17, 15) is 4.79 Å². The Balaban J connectivity index is 1.95. The molecular formula is C11H17N3OS. The molecule has 5 heteroatoms. The number of hydrogen-bond acceptors (Lipinski definition) is 4. The third-order valence-corrected chi connectivity index (χ3v) is 3.78. The molecule has 1 aromatic rings. The third-order valence-electron chi connectivity index (χ3n) is 3.19. The zero-order valence-corrected chi connectivity index (χ0v) is 10.0. The predicted molar refractivity (Wildman–Crippen MR) is 64.4 cm³/mol. The van der Waals surface area contributed by atoms with E-state index < -0.39 is 0 Å². The Hall–Kier alpha value is -0.940. The number of nitrogens with two attached hydrogens (primary N) is 1. The molecule has 2 unspecified atom stereocenters. The largest absolute Gasteiger partial charge is 0.348 e. The lowest BCUT2D eigenvalue weighted by molar-refractivity contribution is 0.0903. The van der Waals surface area contributed by atoms with Crippen LogP contribution in [0.4, 0.5) is 0 Å². The van der Waals surface area contributed by atoms with Gasteiger partial charge in [-0.15, -0.1) is 11.3 Å². The Morgan fingerprint density at radius 1 is 1.56 bits per heavy atom. The molecule has 1 saturated carbocycles. The maximum absolute atomic E-state index is 11.8. The van der Waals surface area contributed by atoms with Gasteiger partial charge in [-0.25, -0.2) is 4.98 Å². The van der Waals surface area contributed by atoms with Gasteiger partial charge in [-0.3, -0.25) is 4.79 Å². The molecule has 0 saturated heterocycles. The smallest absolute Gasteiger partial charge is 0.270 e. The van der Waals surface area contributed by atoms with Crippen LogP contribution in [0.1, 0.15) is 36.2 Å². The summed E-state index contributed by atoms with van der Waals surface area (Å²) >= 11 is 1.44. The van der Waals surface area contributed by atoms with E-state index in [1.807, 2.05) is 0 Å². The van der Waals surface area contributed by atoms with Crippen molar-refractivity contribution in [1.82, 2.24) is 10.3 Å². The first-order valence-corrected chi connectivity index (χ1v) is 6.64. The lowest BCUT2D eigenvalue weighted by Gasteiger charge is -2.31. The Morgan fingerprint density at radius 3 is 3.06 bits per heavy atom. The van der Waals surface area contributed by atoms with Crippen molar-refractivity contribution in [1.29, 1.82) is 0 Å². The highest BCUT2D eigenvalue weighted by Gasteiger charge is 2.25. The molecule has 3 N–H and O–H groups in total. The summed E-state index contributed by atoms with van der Waals surface area (Å²) < 4.78 is 0. The average Bonchev–Trinajstić information content (AvgIpc) is 2.83. The SMILES string of the molecule is NCC1CCCCC1NC(=O)c1cscn1. The van der Waals surface area contributed by atoms with Crippen molar-refractivity contribution in [3.8, 4) is 0 Å². The van der Waals surface area contributed by atoms with Gasteiger partial charge in [0.1, 0.15) is 5.69 Å².